The molecule has 4 aromatic carbocycles. The van der Waals surface area contributed by atoms with Crippen molar-refractivity contribution in [1.82, 2.24) is 4.98 Å². The number of nitrogens with zero attached hydrogens (tertiary/aromatic N) is 2. The van der Waals surface area contributed by atoms with E-state index in [-0.39, 0.29) is 23.9 Å². The van der Waals surface area contributed by atoms with Gasteiger partial charge in [-0.2, -0.15) is 24.9 Å². The molecule has 0 radical (unpaired) electrons. The number of halogens is 2. The summed E-state index contributed by atoms with van der Waals surface area (Å²) in [5.74, 6) is 2.33. The molecule has 7 rings (SSSR count). The van der Waals surface area contributed by atoms with Gasteiger partial charge in [-0.25, -0.2) is 0 Å². The smallest absolute Gasteiger partial charge is 0.0607 e. The molecule has 0 bridgehead atoms. The summed E-state index contributed by atoms with van der Waals surface area (Å²) in [4.78, 5) is 4.11. The summed E-state index contributed by atoms with van der Waals surface area (Å²) in [6.45, 7) is 29.1. The Morgan fingerprint density at radius 2 is 1.21 bits per heavy atom. The first-order valence-electron chi connectivity index (χ1n) is 22.7. The molecule has 0 fully saturated rings. The van der Waals surface area contributed by atoms with Crippen LogP contribution in [0, 0.1) is 13.8 Å². The molecule has 2 aliphatic rings. The first-order chi connectivity index (χ1) is 29.1. The van der Waals surface area contributed by atoms with Crippen LogP contribution in [0.4, 0.5) is 5.69 Å². The maximum absolute atomic E-state index is 11.4. The number of aromatic nitrogens is 1. The summed E-state index contributed by atoms with van der Waals surface area (Å²) in [5, 5.41) is 11.5. The van der Waals surface area contributed by atoms with Gasteiger partial charge in [0.25, 0.3) is 8.32 Å². The van der Waals surface area contributed by atoms with Crippen LogP contribution in [0.3, 0.4) is 0 Å². The van der Waals surface area contributed by atoms with E-state index >= 15 is 0 Å². The monoisotopic (exact) mass is 1100 g/mol. The van der Waals surface area contributed by atoms with E-state index in [0.717, 1.165) is 62.9 Å². The predicted octanol–water partition coefficient (Wildman–Crippen LogP) is 16.7. The van der Waals surface area contributed by atoms with Crippen molar-refractivity contribution in [3.8, 4) is 22.6 Å². The molecule has 5 aromatic rings. The number of fused-ring (bicyclic) bond motifs is 2. The van der Waals surface area contributed by atoms with Gasteiger partial charge in [0.15, 0.2) is 0 Å². The van der Waals surface area contributed by atoms with Gasteiger partial charge in [-0.15, -0.1) is 0 Å². The van der Waals surface area contributed by atoms with E-state index in [1.165, 1.54) is 70.3 Å². The van der Waals surface area contributed by atoms with Crippen molar-refractivity contribution in [3.63, 3.8) is 0 Å². The van der Waals surface area contributed by atoms with Crippen LogP contribution < -0.4 is 9.41 Å². The molecule has 9 heteroatoms. The molecule has 63 heavy (non-hydrogen) atoms. The zero-order valence-electron chi connectivity index (χ0n) is 40.2. The molecule has 0 unspecified atom stereocenters. The Bertz CT molecular complexity index is 2350. The molecule has 2 aliphatic carbocycles. The first kappa shape index (κ1) is 53.3. The minimum atomic E-state index is -2.08. The van der Waals surface area contributed by atoms with Crippen molar-refractivity contribution in [2.45, 2.75) is 163 Å². The molecule has 342 valence electrons. The fourth-order valence-corrected chi connectivity index (χ4v) is 12.2. The van der Waals surface area contributed by atoms with Crippen molar-refractivity contribution in [1.29, 1.82) is 0 Å². The number of aromatic hydroxyl groups is 1. The van der Waals surface area contributed by atoms with Crippen LogP contribution in [-0.4, -0.2) is 17.8 Å². The molecule has 0 saturated heterocycles. The normalized spacial score (nSPS) is 13.7. The fourth-order valence-electron chi connectivity index (χ4n) is 8.11. The molecule has 0 spiro atoms. The molecular weight excluding hydrogens is 1020 g/mol. The summed E-state index contributed by atoms with van der Waals surface area (Å²) >= 11 is 6.99. The van der Waals surface area contributed by atoms with Crippen LogP contribution in [0.2, 0.25) is 18.1 Å². The van der Waals surface area contributed by atoms with E-state index in [2.05, 4.69) is 177 Å². The Morgan fingerprint density at radius 3 is 1.68 bits per heavy atom. The van der Waals surface area contributed by atoms with Gasteiger partial charge >= 0.3 is 156 Å². The van der Waals surface area contributed by atoms with Crippen LogP contribution in [0.5, 0.6) is 11.5 Å². The van der Waals surface area contributed by atoms with Crippen molar-refractivity contribution < 1.29 is 27.5 Å². The number of phenolic OH excluding ortho intramolecular Hbond substituents is 1. The van der Waals surface area contributed by atoms with Gasteiger partial charge < -0.3 is 14.5 Å². The van der Waals surface area contributed by atoms with Gasteiger partial charge in [0.1, 0.15) is 11.5 Å². The van der Waals surface area contributed by atoms with Crippen LogP contribution in [0.1, 0.15) is 150 Å². The fraction of sp³-hybridized carbons (Fsp3) is 0.463. The van der Waals surface area contributed by atoms with E-state index < -0.39 is 26.2 Å². The Balaban J connectivity index is 0.000000241. The van der Waals surface area contributed by atoms with Gasteiger partial charge in [0, 0.05) is 11.1 Å². The minimum absolute atomic E-state index is 0. The maximum atomic E-state index is 11.4. The average molecular weight is 1100 g/mol. The SMILES string of the molecule is CC(C)(C)[Si](C)(C)Oc1c(Br)cc2c(c1-c1c(O)c(Br)cc3c1CCCC3)CCCC2.CC(C)c1cccc(C(C)C)c1[N]=[Mo]=[CH]C(C)(C)c1ccccc1.Cc1ccc(C)[n-]1.S. The van der Waals surface area contributed by atoms with Crippen LogP contribution in [0.25, 0.3) is 11.1 Å². The van der Waals surface area contributed by atoms with E-state index in [1.807, 2.05) is 26.0 Å². The second kappa shape index (κ2) is 22.9. The number of hydrogen-bond acceptors (Lipinski definition) is 3. The largest absolute Gasteiger partial charge is 0.665 e. The molecule has 1 aromatic heterocycles. The molecule has 0 aliphatic heterocycles. The molecule has 4 nitrogen and oxygen atoms in total. The van der Waals surface area contributed by atoms with Crippen molar-refractivity contribution in [2.75, 3.05) is 0 Å². The average Bonchev–Trinajstić information content (AvgIpc) is 3.60. The molecule has 0 saturated carbocycles. The zero-order chi connectivity index (χ0) is 45.6. The standard InChI is InChI=1S/C26H34Br2O2Si.C12H17N.C10H12.C6H8N.Mo.H2S/c1-26(2,3)31(4,5)30-25-21(28)15-17-11-7-9-13-19(17)23(25)22-18-12-8-6-10-16(18)14-20(27)24(22)29;1-8(2)10-6-5-7-11(9(3)4)12(10)13;1-10(2,3)9-7-5-4-6-8-9;1-5-3-4-6(2)7-5;;/h14-15,29H,6-13H2,1-5H3;5-9H,1-4H3;1,4-8H,2-3H3;3-4H,1-2H3;;1H2/q;;;-1;;. The zero-order valence-corrected chi connectivity index (χ0v) is 47.4. The molecule has 1 heterocycles. The Kier molecular flexibility index (Phi) is 19.4. The molecular formula is C54H73Br2MoN2O2SSi-. The van der Waals surface area contributed by atoms with Gasteiger partial charge in [-0.3, -0.25) is 0 Å². The maximum Gasteiger partial charge on any atom is -0.0607 e. The first-order valence-corrected chi connectivity index (χ1v) is 29.2. The van der Waals surface area contributed by atoms with E-state index in [4.69, 9.17) is 7.92 Å². The van der Waals surface area contributed by atoms with Crippen LogP contribution >= 0.6 is 45.4 Å². The van der Waals surface area contributed by atoms with E-state index in [1.54, 1.807) is 0 Å². The quantitative estimate of drug-likeness (QED) is 0.158. The van der Waals surface area contributed by atoms with Crippen molar-refractivity contribution in [3.05, 3.63) is 132 Å². The Labute approximate surface area is 414 Å². The van der Waals surface area contributed by atoms with Gasteiger partial charge in [0.05, 0.1) is 8.95 Å². The second-order valence-corrected chi connectivity index (χ2v) is 27.9. The summed E-state index contributed by atoms with van der Waals surface area (Å²) in [6, 6.07) is 25.8. The van der Waals surface area contributed by atoms with Crippen LogP contribution in [-0.2, 0) is 49.0 Å². The third-order valence-electron chi connectivity index (χ3n) is 12.8. The number of rotatable bonds is 8. The van der Waals surface area contributed by atoms with Gasteiger partial charge in [0.2, 0.25) is 0 Å². The Hall–Kier alpha value is -2.35. The summed E-state index contributed by atoms with van der Waals surface area (Å²) in [7, 11) is -2.08. The summed E-state index contributed by atoms with van der Waals surface area (Å²) in [6.07, 6.45) is 9.05. The minimum Gasteiger partial charge on any atom is -0.665 e. The topological polar surface area (TPSA) is 55.9 Å². The van der Waals surface area contributed by atoms with Gasteiger partial charge in [-0.05, 0) is 136 Å². The second-order valence-electron chi connectivity index (χ2n) is 19.9. The van der Waals surface area contributed by atoms with Crippen molar-refractivity contribution >= 4 is 63.8 Å². The summed E-state index contributed by atoms with van der Waals surface area (Å²) in [5.41, 5.74) is 15.3. The van der Waals surface area contributed by atoms with E-state index in [9.17, 15) is 5.11 Å². The molecule has 1 N–H and O–H groups in total. The van der Waals surface area contributed by atoms with Crippen LogP contribution in [0.15, 0.2) is 85.2 Å². The Morgan fingerprint density at radius 1 is 0.714 bits per heavy atom. The van der Waals surface area contributed by atoms with Crippen molar-refractivity contribution in [2.24, 2.45) is 3.50 Å². The predicted molar refractivity (Wildman–Crippen MR) is 282 cm³/mol. The molecule has 0 atom stereocenters. The van der Waals surface area contributed by atoms with Gasteiger partial charge in [-0.1, -0.05) is 46.8 Å². The number of benzene rings is 4. The summed E-state index contributed by atoms with van der Waals surface area (Å²) < 4.78 is 16.4. The number of hydrogen-bond donors (Lipinski definition) is 1. The third-order valence-corrected chi connectivity index (χ3v) is 20.8. The van der Waals surface area contributed by atoms with E-state index in [0.29, 0.717) is 17.6 Å². The number of phenols is 1. The third kappa shape index (κ3) is 13.4. The molecule has 0 amide bonds. The number of aryl methyl sites for hydroxylation is 4.